The van der Waals surface area contributed by atoms with Gasteiger partial charge in [0.15, 0.2) is 11.5 Å². The number of carbonyl (C=O) groups excluding carboxylic acids is 1. The van der Waals surface area contributed by atoms with Crippen molar-refractivity contribution in [2.75, 3.05) is 25.5 Å². The molecule has 0 saturated carbocycles. The first-order valence-corrected chi connectivity index (χ1v) is 9.08. The van der Waals surface area contributed by atoms with E-state index in [1.54, 1.807) is 30.0 Å². The molecule has 0 aliphatic heterocycles. The summed E-state index contributed by atoms with van der Waals surface area (Å²) in [5.41, 5.74) is 0.576. The number of carbonyl (C=O) groups is 1. The number of hydrogen-bond acceptors (Lipinski definition) is 4. The van der Waals surface area contributed by atoms with Crippen molar-refractivity contribution in [2.24, 2.45) is 0 Å². The number of amides is 1. The summed E-state index contributed by atoms with van der Waals surface area (Å²) >= 11 is 1.72. The first kappa shape index (κ1) is 18.2. The van der Waals surface area contributed by atoms with E-state index in [4.69, 9.17) is 9.47 Å². The molecule has 5 heteroatoms. The zero-order valence-electron chi connectivity index (χ0n) is 14.1. The van der Waals surface area contributed by atoms with Crippen LogP contribution in [-0.4, -0.2) is 31.4 Å². The highest BCUT2D eigenvalue weighted by atomic mass is 32.2. The fraction of sp³-hybridized carbons (Fsp3) is 0.316. The number of nitrogens with one attached hydrogen (secondary N) is 1. The SMILES string of the molecule is CCOc1ccc(C(=O)NCCSc2ccccc2)cc1OCC. The maximum Gasteiger partial charge on any atom is 0.251 e. The van der Waals surface area contributed by atoms with Gasteiger partial charge in [0.2, 0.25) is 0 Å². The molecular formula is C19H23NO3S. The number of ether oxygens (including phenoxy) is 2. The summed E-state index contributed by atoms with van der Waals surface area (Å²) in [6, 6.07) is 15.4. The molecule has 128 valence electrons. The summed E-state index contributed by atoms with van der Waals surface area (Å²) in [6.45, 7) is 5.51. The molecule has 0 aromatic heterocycles. The molecular weight excluding hydrogens is 322 g/mol. The summed E-state index contributed by atoms with van der Waals surface area (Å²) in [4.78, 5) is 13.5. The zero-order chi connectivity index (χ0) is 17.2. The maximum absolute atomic E-state index is 12.3. The highest BCUT2D eigenvalue weighted by molar-refractivity contribution is 7.99. The Hall–Kier alpha value is -2.14. The largest absolute Gasteiger partial charge is 0.490 e. The topological polar surface area (TPSA) is 47.6 Å². The van der Waals surface area contributed by atoms with Crippen LogP contribution in [0.2, 0.25) is 0 Å². The Labute approximate surface area is 147 Å². The van der Waals surface area contributed by atoms with E-state index in [0.29, 0.717) is 36.8 Å². The van der Waals surface area contributed by atoms with Gasteiger partial charge in [-0.2, -0.15) is 0 Å². The number of benzene rings is 2. The molecule has 0 fully saturated rings. The second-order valence-electron chi connectivity index (χ2n) is 4.94. The van der Waals surface area contributed by atoms with Crippen molar-refractivity contribution in [3.63, 3.8) is 0 Å². The van der Waals surface area contributed by atoms with Crippen LogP contribution >= 0.6 is 11.8 Å². The Morgan fingerprint density at radius 3 is 2.42 bits per heavy atom. The Morgan fingerprint density at radius 2 is 1.71 bits per heavy atom. The molecule has 2 aromatic carbocycles. The van der Waals surface area contributed by atoms with Gasteiger partial charge in [0.05, 0.1) is 13.2 Å². The Kier molecular flexibility index (Phi) is 7.49. The highest BCUT2D eigenvalue weighted by Crippen LogP contribution is 2.28. The van der Waals surface area contributed by atoms with E-state index in [2.05, 4.69) is 17.4 Å². The molecule has 4 nitrogen and oxygen atoms in total. The van der Waals surface area contributed by atoms with Crippen molar-refractivity contribution in [1.82, 2.24) is 5.32 Å². The maximum atomic E-state index is 12.3. The van der Waals surface area contributed by atoms with Crippen molar-refractivity contribution in [3.05, 3.63) is 54.1 Å². The van der Waals surface area contributed by atoms with Crippen LogP contribution in [0, 0.1) is 0 Å². The summed E-state index contributed by atoms with van der Waals surface area (Å²) < 4.78 is 11.1. The van der Waals surface area contributed by atoms with Gasteiger partial charge < -0.3 is 14.8 Å². The van der Waals surface area contributed by atoms with Crippen LogP contribution in [0.3, 0.4) is 0 Å². The third-order valence-corrected chi connectivity index (χ3v) is 4.22. The fourth-order valence-corrected chi connectivity index (χ4v) is 2.93. The van der Waals surface area contributed by atoms with E-state index < -0.39 is 0 Å². The molecule has 2 aromatic rings. The number of hydrogen-bond donors (Lipinski definition) is 1. The molecule has 0 spiro atoms. The van der Waals surface area contributed by atoms with Crippen LogP contribution in [0.25, 0.3) is 0 Å². The quantitative estimate of drug-likeness (QED) is 0.551. The Balaban J connectivity index is 1.88. The molecule has 0 atom stereocenters. The Bertz CT molecular complexity index is 646. The lowest BCUT2D eigenvalue weighted by atomic mass is 10.2. The zero-order valence-corrected chi connectivity index (χ0v) is 14.9. The van der Waals surface area contributed by atoms with Gasteiger partial charge in [-0.05, 0) is 44.2 Å². The summed E-state index contributed by atoms with van der Waals surface area (Å²) in [6.07, 6.45) is 0. The van der Waals surface area contributed by atoms with Crippen LogP contribution in [-0.2, 0) is 0 Å². The summed E-state index contributed by atoms with van der Waals surface area (Å²) in [7, 11) is 0. The predicted molar refractivity (Wildman–Crippen MR) is 98.3 cm³/mol. The lowest BCUT2D eigenvalue weighted by Crippen LogP contribution is -2.25. The van der Waals surface area contributed by atoms with E-state index in [-0.39, 0.29) is 5.91 Å². The van der Waals surface area contributed by atoms with Crippen LogP contribution < -0.4 is 14.8 Å². The summed E-state index contributed by atoms with van der Waals surface area (Å²) in [5, 5.41) is 2.93. The Morgan fingerprint density at radius 1 is 1.00 bits per heavy atom. The smallest absolute Gasteiger partial charge is 0.251 e. The second kappa shape index (κ2) is 9.88. The molecule has 24 heavy (non-hydrogen) atoms. The average molecular weight is 345 g/mol. The lowest BCUT2D eigenvalue weighted by Gasteiger charge is -2.12. The molecule has 0 radical (unpaired) electrons. The van der Waals surface area contributed by atoms with Gasteiger partial charge in [-0.25, -0.2) is 0 Å². The second-order valence-corrected chi connectivity index (χ2v) is 6.11. The molecule has 0 saturated heterocycles. The van der Waals surface area contributed by atoms with E-state index in [1.807, 2.05) is 32.0 Å². The molecule has 0 unspecified atom stereocenters. The van der Waals surface area contributed by atoms with Gasteiger partial charge in [-0.15, -0.1) is 11.8 Å². The number of thioether (sulfide) groups is 1. The van der Waals surface area contributed by atoms with Crippen molar-refractivity contribution in [2.45, 2.75) is 18.7 Å². The van der Waals surface area contributed by atoms with Crippen LogP contribution in [0.5, 0.6) is 11.5 Å². The molecule has 0 aliphatic carbocycles. The van der Waals surface area contributed by atoms with Gasteiger partial charge in [0.25, 0.3) is 5.91 Å². The standard InChI is InChI=1S/C19H23NO3S/c1-3-22-17-11-10-15(14-18(17)23-4-2)19(21)20-12-13-24-16-8-6-5-7-9-16/h5-11,14H,3-4,12-13H2,1-2H3,(H,20,21). The van der Waals surface area contributed by atoms with Crippen molar-refractivity contribution >= 4 is 17.7 Å². The van der Waals surface area contributed by atoms with E-state index >= 15 is 0 Å². The van der Waals surface area contributed by atoms with Gasteiger partial charge in [-0.1, -0.05) is 18.2 Å². The lowest BCUT2D eigenvalue weighted by molar-refractivity contribution is 0.0955. The molecule has 0 heterocycles. The third kappa shape index (κ3) is 5.49. The fourth-order valence-electron chi connectivity index (χ4n) is 2.14. The first-order chi connectivity index (χ1) is 11.7. The van der Waals surface area contributed by atoms with Crippen molar-refractivity contribution in [1.29, 1.82) is 0 Å². The minimum atomic E-state index is -0.104. The van der Waals surface area contributed by atoms with E-state index in [9.17, 15) is 4.79 Å². The van der Waals surface area contributed by atoms with Gasteiger partial charge in [0.1, 0.15) is 0 Å². The third-order valence-electron chi connectivity index (χ3n) is 3.21. The minimum Gasteiger partial charge on any atom is -0.490 e. The van der Waals surface area contributed by atoms with Gasteiger partial charge in [0, 0.05) is 22.8 Å². The molecule has 2 rings (SSSR count). The van der Waals surface area contributed by atoms with Crippen molar-refractivity contribution < 1.29 is 14.3 Å². The monoisotopic (exact) mass is 345 g/mol. The molecule has 1 amide bonds. The first-order valence-electron chi connectivity index (χ1n) is 8.10. The van der Waals surface area contributed by atoms with Crippen LogP contribution in [0.4, 0.5) is 0 Å². The summed E-state index contributed by atoms with van der Waals surface area (Å²) in [5.74, 6) is 1.99. The number of rotatable bonds is 9. The van der Waals surface area contributed by atoms with Gasteiger partial charge in [-0.3, -0.25) is 4.79 Å². The highest BCUT2D eigenvalue weighted by Gasteiger charge is 2.11. The predicted octanol–water partition coefficient (Wildman–Crippen LogP) is 4.01. The molecule has 0 bridgehead atoms. The van der Waals surface area contributed by atoms with Gasteiger partial charge >= 0.3 is 0 Å². The molecule has 1 N–H and O–H groups in total. The van der Waals surface area contributed by atoms with Crippen molar-refractivity contribution in [3.8, 4) is 11.5 Å². The average Bonchev–Trinajstić information content (AvgIpc) is 2.61. The van der Waals surface area contributed by atoms with E-state index in [0.717, 1.165) is 5.75 Å². The van der Waals surface area contributed by atoms with Crippen LogP contribution in [0.1, 0.15) is 24.2 Å². The van der Waals surface area contributed by atoms with E-state index in [1.165, 1.54) is 4.90 Å². The van der Waals surface area contributed by atoms with Crippen LogP contribution in [0.15, 0.2) is 53.4 Å². The molecule has 0 aliphatic rings. The minimum absolute atomic E-state index is 0.104. The normalized spacial score (nSPS) is 10.2.